The minimum absolute atomic E-state index is 0.836. The Morgan fingerprint density at radius 2 is 1.02 bits per heavy atom. The Hall–Kier alpha value is -6.26. The van der Waals surface area contributed by atoms with Gasteiger partial charge in [-0.05, 0) is 53.2 Å². The average molecular weight is 585 g/mol. The van der Waals surface area contributed by atoms with Crippen LogP contribution in [0.5, 0.6) is 0 Å². The first-order valence-electron chi connectivity index (χ1n) is 15.7. The highest BCUT2D eigenvalue weighted by molar-refractivity contribution is 6.34. The number of hydrogen-bond acceptors (Lipinski definition) is 2. The van der Waals surface area contributed by atoms with Crippen molar-refractivity contribution >= 4 is 81.7 Å². The van der Waals surface area contributed by atoms with Gasteiger partial charge in [0.2, 0.25) is 0 Å². The molecule has 4 nitrogen and oxygen atoms in total. The van der Waals surface area contributed by atoms with E-state index in [0.29, 0.717) is 0 Å². The van der Waals surface area contributed by atoms with E-state index < -0.39 is 0 Å². The molecule has 0 aliphatic rings. The maximum absolute atomic E-state index is 5.44. The molecule has 11 aromatic rings. The molecule has 0 bridgehead atoms. The summed E-state index contributed by atoms with van der Waals surface area (Å²) in [4.78, 5) is 10.7. The fourth-order valence-corrected chi connectivity index (χ4v) is 7.85. The highest BCUT2D eigenvalue weighted by Crippen LogP contribution is 2.47. The van der Waals surface area contributed by atoms with E-state index in [1.54, 1.807) is 0 Å². The van der Waals surface area contributed by atoms with Crippen molar-refractivity contribution in [3.8, 4) is 17.1 Å². The van der Waals surface area contributed by atoms with Crippen LogP contribution in [0, 0.1) is 0 Å². The smallest absolute Gasteiger partial charge is 0.165 e. The molecule has 4 heterocycles. The maximum Gasteiger partial charge on any atom is 0.165 e. The lowest BCUT2D eigenvalue weighted by Crippen LogP contribution is -2.04. The van der Waals surface area contributed by atoms with Gasteiger partial charge in [0.05, 0.1) is 38.6 Å². The second kappa shape index (κ2) is 8.68. The fraction of sp³-hybridized carbons (Fsp3) is 0. The van der Waals surface area contributed by atoms with Crippen LogP contribution in [0.25, 0.3) is 98.8 Å². The molecule has 7 aromatic carbocycles. The van der Waals surface area contributed by atoms with Crippen molar-refractivity contribution in [2.45, 2.75) is 0 Å². The zero-order valence-electron chi connectivity index (χ0n) is 24.6. The lowest BCUT2D eigenvalue weighted by Gasteiger charge is -2.14. The van der Waals surface area contributed by atoms with Crippen molar-refractivity contribution in [1.82, 2.24) is 18.9 Å². The van der Waals surface area contributed by atoms with Gasteiger partial charge in [-0.2, -0.15) is 0 Å². The standard InChI is InChI=1S/C42H24N4/c1-2-12-25(13-3-1)39-42(44-34-19-9-8-18-33(34)43-39)46-37-23-27-15-5-4-14-26(27)22-30(37)32-24-31-28-16-6-10-20-35(28)45-36-21-11-7-17-29(36)38(40(31)45)41(32)46/h1-24H. The number of fused-ring (bicyclic) bond motifs is 12. The minimum atomic E-state index is 0.836. The van der Waals surface area contributed by atoms with Crippen LogP contribution in [0.15, 0.2) is 146 Å². The molecule has 0 fully saturated rings. The molecule has 0 saturated heterocycles. The molecule has 0 N–H and O–H groups in total. The largest absolute Gasteiger partial charge is 0.308 e. The van der Waals surface area contributed by atoms with Crippen LogP contribution < -0.4 is 0 Å². The Labute approximate surface area is 262 Å². The van der Waals surface area contributed by atoms with Crippen LogP contribution in [-0.4, -0.2) is 18.9 Å². The zero-order chi connectivity index (χ0) is 29.9. The molecule has 0 atom stereocenters. The van der Waals surface area contributed by atoms with Crippen molar-refractivity contribution < 1.29 is 0 Å². The fourth-order valence-electron chi connectivity index (χ4n) is 7.85. The number of benzene rings is 7. The molecule has 0 aliphatic heterocycles. The van der Waals surface area contributed by atoms with E-state index in [1.165, 1.54) is 59.6 Å². The molecule has 11 rings (SSSR count). The van der Waals surface area contributed by atoms with Gasteiger partial charge in [-0.3, -0.25) is 4.57 Å². The second-order valence-electron chi connectivity index (χ2n) is 12.2. The van der Waals surface area contributed by atoms with Crippen LogP contribution in [-0.2, 0) is 0 Å². The molecule has 0 unspecified atom stereocenters. The van der Waals surface area contributed by atoms with Gasteiger partial charge in [0.25, 0.3) is 0 Å². The Bertz CT molecular complexity index is 3020. The Kier molecular flexibility index (Phi) is 4.55. The predicted molar refractivity (Wildman–Crippen MR) is 191 cm³/mol. The summed E-state index contributed by atoms with van der Waals surface area (Å²) in [6, 6.07) is 52.0. The van der Waals surface area contributed by atoms with E-state index >= 15 is 0 Å². The lowest BCUT2D eigenvalue weighted by atomic mass is 10.0. The van der Waals surface area contributed by atoms with Gasteiger partial charge in [-0.25, -0.2) is 9.97 Å². The Morgan fingerprint density at radius 1 is 0.413 bits per heavy atom. The third-order valence-corrected chi connectivity index (χ3v) is 9.78. The van der Waals surface area contributed by atoms with Crippen molar-refractivity contribution in [3.63, 3.8) is 0 Å². The van der Waals surface area contributed by atoms with Crippen LogP contribution in [0.1, 0.15) is 0 Å². The average Bonchev–Trinajstić information content (AvgIpc) is 3.74. The monoisotopic (exact) mass is 584 g/mol. The molecular formula is C42H24N4. The number of nitrogens with zero attached hydrogens (tertiary/aromatic N) is 4. The predicted octanol–water partition coefficient (Wildman–Crippen LogP) is 10.7. The van der Waals surface area contributed by atoms with Crippen molar-refractivity contribution in [1.29, 1.82) is 0 Å². The van der Waals surface area contributed by atoms with Gasteiger partial charge >= 0.3 is 0 Å². The summed E-state index contributed by atoms with van der Waals surface area (Å²) in [5.41, 5.74) is 9.64. The lowest BCUT2D eigenvalue weighted by molar-refractivity contribution is 1.08. The molecule has 212 valence electrons. The van der Waals surface area contributed by atoms with Gasteiger partial charge in [0.15, 0.2) is 5.82 Å². The van der Waals surface area contributed by atoms with E-state index in [4.69, 9.17) is 9.97 Å². The highest BCUT2D eigenvalue weighted by Gasteiger charge is 2.26. The maximum atomic E-state index is 5.44. The SMILES string of the molecule is c1ccc(-c2nc3ccccc3nc2-n2c3cc4ccccc4cc3c3cc4c5ccccc5n5c6ccccc6c(c32)c45)cc1. The first-order chi connectivity index (χ1) is 22.8. The van der Waals surface area contributed by atoms with Crippen LogP contribution in [0.2, 0.25) is 0 Å². The van der Waals surface area contributed by atoms with E-state index in [1.807, 2.05) is 12.1 Å². The molecular weight excluding hydrogens is 560 g/mol. The highest BCUT2D eigenvalue weighted by atomic mass is 15.1. The molecule has 46 heavy (non-hydrogen) atoms. The second-order valence-corrected chi connectivity index (χ2v) is 12.2. The molecule has 0 aliphatic carbocycles. The van der Waals surface area contributed by atoms with Crippen molar-refractivity contribution in [2.24, 2.45) is 0 Å². The number of rotatable bonds is 2. The molecule has 0 saturated carbocycles. The first-order valence-corrected chi connectivity index (χ1v) is 15.7. The summed E-state index contributed by atoms with van der Waals surface area (Å²) in [5.74, 6) is 0.836. The zero-order valence-corrected chi connectivity index (χ0v) is 24.6. The Morgan fingerprint density at radius 3 is 1.83 bits per heavy atom. The molecule has 0 amide bonds. The van der Waals surface area contributed by atoms with Crippen LogP contribution in [0.3, 0.4) is 0 Å². The number of para-hydroxylation sites is 4. The summed E-state index contributed by atoms with van der Waals surface area (Å²) in [6.45, 7) is 0. The summed E-state index contributed by atoms with van der Waals surface area (Å²) < 4.78 is 4.86. The van der Waals surface area contributed by atoms with Gasteiger partial charge < -0.3 is 4.40 Å². The third kappa shape index (κ3) is 3.03. The molecule has 0 radical (unpaired) electrons. The van der Waals surface area contributed by atoms with Crippen LogP contribution >= 0.6 is 0 Å². The number of hydrogen-bond donors (Lipinski definition) is 0. The molecule has 0 spiro atoms. The van der Waals surface area contributed by atoms with E-state index in [0.717, 1.165) is 39.1 Å². The topological polar surface area (TPSA) is 35.1 Å². The molecule has 4 heteroatoms. The van der Waals surface area contributed by atoms with E-state index in [2.05, 4.69) is 142 Å². The normalized spacial score (nSPS) is 12.3. The molecule has 4 aromatic heterocycles. The van der Waals surface area contributed by atoms with Crippen molar-refractivity contribution in [2.75, 3.05) is 0 Å². The number of aromatic nitrogens is 4. The quantitative estimate of drug-likeness (QED) is 0.203. The van der Waals surface area contributed by atoms with E-state index in [-0.39, 0.29) is 0 Å². The first kappa shape index (κ1) is 24.1. The van der Waals surface area contributed by atoms with E-state index in [9.17, 15) is 0 Å². The van der Waals surface area contributed by atoms with Crippen molar-refractivity contribution in [3.05, 3.63) is 146 Å². The summed E-state index contributed by atoms with van der Waals surface area (Å²) >= 11 is 0. The minimum Gasteiger partial charge on any atom is -0.308 e. The summed E-state index contributed by atoms with van der Waals surface area (Å²) in [5, 5.41) is 9.88. The Balaban J connectivity index is 1.45. The third-order valence-electron chi connectivity index (χ3n) is 9.78. The van der Waals surface area contributed by atoms with Gasteiger partial charge in [-0.15, -0.1) is 0 Å². The summed E-state index contributed by atoms with van der Waals surface area (Å²) in [6.07, 6.45) is 0. The van der Waals surface area contributed by atoms with Gasteiger partial charge in [0, 0.05) is 37.9 Å². The summed E-state index contributed by atoms with van der Waals surface area (Å²) in [7, 11) is 0. The van der Waals surface area contributed by atoms with Gasteiger partial charge in [0.1, 0.15) is 5.69 Å². The van der Waals surface area contributed by atoms with Gasteiger partial charge in [-0.1, -0.05) is 103 Å². The van der Waals surface area contributed by atoms with Crippen LogP contribution in [0.4, 0.5) is 0 Å².